The van der Waals surface area contributed by atoms with Crippen LogP contribution in [0.1, 0.15) is 44.5 Å². The second-order valence-corrected chi connectivity index (χ2v) is 5.33. The first kappa shape index (κ1) is 14.1. The van der Waals surface area contributed by atoms with Gasteiger partial charge in [0.1, 0.15) is 5.75 Å². The molecule has 1 saturated heterocycles. The van der Waals surface area contributed by atoms with E-state index in [0.29, 0.717) is 5.89 Å². The van der Waals surface area contributed by atoms with Crippen LogP contribution in [0.4, 0.5) is 0 Å². The molecule has 0 amide bonds. The minimum Gasteiger partial charge on any atom is -0.494 e. The summed E-state index contributed by atoms with van der Waals surface area (Å²) in [5.74, 6) is 2.20. The molecule has 0 aliphatic carbocycles. The van der Waals surface area contributed by atoms with E-state index in [0.717, 1.165) is 49.6 Å². The quantitative estimate of drug-likeness (QED) is 0.826. The van der Waals surface area contributed by atoms with Crippen molar-refractivity contribution in [3.05, 3.63) is 30.1 Å². The molecule has 112 valence electrons. The summed E-state index contributed by atoms with van der Waals surface area (Å²) in [4.78, 5) is 4.49. The van der Waals surface area contributed by atoms with Crippen LogP contribution in [-0.2, 0) is 0 Å². The maximum Gasteiger partial charge on any atom is 0.257 e. The molecule has 0 spiro atoms. The van der Waals surface area contributed by atoms with Gasteiger partial charge >= 0.3 is 0 Å². The predicted octanol–water partition coefficient (Wildman–Crippen LogP) is 3.34. The average molecular weight is 287 g/mol. The summed E-state index contributed by atoms with van der Waals surface area (Å²) in [5, 5.41) is 7.45. The molecule has 1 aliphatic heterocycles. The fourth-order valence-corrected chi connectivity index (χ4v) is 2.43. The van der Waals surface area contributed by atoms with Crippen molar-refractivity contribution in [3.8, 4) is 17.2 Å². The number of nitrogens with zero attached hydrogens (tertiary/aromatic N) is 2. The first-order valence-corrected chi connectivity index (χ1v) is 7.67. The second-order valence-electron chi connectivity index (χ2n) is 5.33. The lowest BCUT2D eigenvalue weighted by atomic mass is 10.2. The molecule has 1 aromatic heterocycles. The van der Waals surface area contributed by atoms with Crippen LogP contribution >= 0.6 is 0 Å². The highest BCUT2D eigenvalue weighted by Crippen LogP contribution is 2.25. The summed E-state index contributed by atoms with van der Waals surface area (Å²) in [6.07, 6.45) is 4.45. The molecular formula is C16H21N3O2. The fourth-order valence-electron chi connectivity index (χ4n) is 2.43. The van der Waals surface area contributed by atoms with Crippen molar-refractivity contribution in [2.24, 2.45) is 0 Å². The Labute approximate surface area is 124 Å². The lowest BCUT2D eigenvalue weighted by Crippen LogP contribution is -2.14. The molecule has 21 heavy (non-hydrogen) atoms. The van der Waals surface area contributed by atoms with Gasteiger partial charge in [0.15, 0.2) is 5.82 Å². The van der Waals surface area contributed by atoms with E-state index in [2.05, 4.69) is 22.4 Å². The van der Waals surface area contributed by atoms with Crippen LogP contribution < -0.4 is 10.1 Å². The largest absolute Gasteiger partial charge is 0.494 e. The first-order valence-electron chi connectivity index (χ1n) is 7.67. The van der Waals surface area contributed by atoms with E-state index in [1.54, 1.807) is 0 Å². The molecule has 1 fully saturated rings. The van der Waals surface area contributed by atoms with E-state index in [4.69, 9.17) is 9.26 Å². The number of hydrogen-bond acceptors (Lipinski definition) is 5. The predicted molar refractivity (Wildman–Crippen MR) is 80.1 cm³/mol. The minimum atomic E-state index is 0.235. The van der Waals surface area contributed by atoms with Gasteiger partial charge in [-0.25, -0.2) is 0 Å². The first-order chi connectivity index (χ1) is 10.4. The van der Waals surface area contributed by atoms with Crippen molar-refractivity contribution >= 4 is 0 Å². The molecule has 0 saturated carbocycles. The number of unbranched alkanes of at least 4 members (excludes halogenated alkanes) is 1. The smallest absolute Gasteiger partial charge is 0.257 e. The molecule has 2 heterocycles. The molecule has 0 radical (unpaired) electrons. The summed E-state index contributed by atoms with van der Waals surface area (Å²) in [7, 11) is 0. The van der Waals surface area contributed by atoms with Crippen molar-refractivity contribution in [3.63, 3.8) is 0 Å². The maximum absolute atomic E-state index is 5.65. The number of ether oxygens (including phenoxy) is 1. The molecule has 3 rings (SSSR count). The Morgan fingerprint density at radius 2 is 2.19 bits per heavy atom. The third-order valence-corrected chi connectivity index (χ3v) is 3.68. The second kappa shape index (κ2) is 6.72. The number of hydrogen-bond donors (Lipinski definition) is 1. The number of benzene rings is 1. The monoisotopic (exact) mass is 287 g/mol. The van der Waals surface area contributed by atoms with Crippen molar-refractivity contribution in [1.29, 1.82) is 0 Å². The van der Waals surface area contributed by atoms with E-state index < -0.39 is 0 Å². The molecule has 1 atom stereocenters. The molecule has 1 N–H and O–H groups in total. The van der Waals surface area contributed by atoms with Gasteiger partial charge < -0.3 is 14.6 Å². The fraction of sp³-hybridized carbons (Fsp3) is 0.500. The van der Waals surface area contributed by atoms with Gasteiger partial charge in [-0.3, -0.25) is 0 Å². The summed E-state index contributed by atoms with van der Waals surface area (Å²) < 4.78 is 11.0. The zero-order valence-corrected chi connectivity index (χ0v) is 12.3. The highest BCUT2D eigenvalue weighted by Gasteiger charge is 2.21. The zero-order valence-electron chi connectivity index (χ0n) is 12.3. The zero-order chi connectivity index (χ0) is 14.5. The molecule has 1 aromatic carbocycles. The summed E-state index contributed by atoms with van der Waals surface area (Å²) in [6.45, 7) is 3.94. The third kappa shape index (κ3) is 3.42. The van der Waals surface area contributed by atoms with Gasteiger partial charge in [-0.2, -0.15) is 4.98 Å². The number of nitrogens with one attached hydrogen (secondary N) is 1. The van der Waals surface area contributed by atoms with Gasteiger partial charge in [-0.1, -0.05) is 18.5 Å². The molecule has 1 aliphatic rings. The average Bonchev–Trinajstić information content (AvgIpc) is 3.19. The van der Waals surface area contributed by atoms with E-state index in [1.807, 2.05) is 24.3 Å². The van der Waals surface area contributed by atoms with Crippen LogP contribution in [0.25, 0.3) is 11.5 Å². The lowest BCUT2D eigenvalue weighted by molar-refractivity contribution is 0.309. The Morgan fingerprint density at radius 1 is 1.33 bits per heavy atom. The number of rotatable bonds is 6. The Hall–Kier alpha value is -1.88. The highest BCUT2D eigenvalue weighted by atomic mass is 16.5. The summed E-state index contributed by atoms with van der Waals surface area (Å²) >= 11 is 0. The Bertz CT molecular complexity index is 559. The van der Waals surface area contributed by atoms with Crippen molar-refractivity contribution in [2.45, 2.75) is 38.6 Å². The van der Waals surface area contributed by atoms with Crippen molar-refractivity contribution in [1.82, 2.24) is 15.5 Å². The SMILES string of the molecule is CCCCOc1ccc(-c2nc(C3CCCN3)no2)cc1. The van der Waals surface area contributed by atoms with Crippen LogP contribution in [0.2, 0.25) is 0 Å². The lowest BCUT2D eigenvalue weighted by Gasteiger charge is -2.05. The molecular weight excluding hydrogens is 266 g/mol. The van der Waals surface area contributed by atoms with Gasteiger partial charge in [0.05, 0.1) is 12.6 Å². The topological polar surface area (TPSA) is 60.2 Å². The molecule has 2 aromatic rings. The third-order valence-electron chi connectivity index (χ3n) is 3.68. The van der Waals surface area contributed by atoms with Gasteiger partial charge in [-0.05, 0) is 50.1 Å². The summed E-state index contributed by atoms with van der Waals surface area (Å²) in [6, 6.07) is 8.05. The minimum absolute atomic E-state index is 0.235. The normalized spacial score (nSPS) is 18.0. The summed E-state index contributed by atoms with van der Waals surface area (Å²) in [5.41, 5.74) is 0.926. The van der Waals surface area contributed by atoms with Crippen molar-refractivity contribution < 1.29 is 9.26 Å². The Morgan fingerprint density at radius 3 is 2.90 bits per heavy atom. The highest BCUT2D eigenvalue weighted by molar-refractivity contribution is 5.54. The van der Waals surface area contributed by atoms with E-state index >= 15 is 0 Å². The van der Waals surface area contributed by atoms with E-state index in [9.17, 15) is 0 Å². The van der Waals surface area contributed by atoms with Crippen LogP contribution in [0.5, 0.6) is 5.75 Å². The van der Waals surface area contributed by atoms with Crippen LogP contribution in [0.15, 0.2) is 28.8 Å². The van der Waals surface area contributed by atoms with E-state index in [1.165, 1.54) is 6.42 Å². The molecule has 0 bridgehead atoms. The van der Waals surface area contributed by atoms with Crippen LogP contribution in [0.3, 0.4) is 0 Å². The maximum atomic E-state index is 5.65. The van der Waals surface area contributed by atoms with Gasteiger partial charge in [0.2, 0.25) is 0 Å². The van der Waals surface area contributed by atoms with Gasteiger partial charge in [0, 0.05) is 5.56 Å². The standard InChI is InChI=1S/C16H21N3O2/c1-2-3-11-20-13-8-6-12(7-9-13)16-18-15(19-21-16)14-5-4-10-17-14/h6-9,14,17H,2-5,10-11H2,1H3. The Kier molecular flexibility index (Phi) is 4.50. The Balaban J connectivity index is 1.66. The van der Waals surface area contributed by atoms with Crippen molar-refractivity contribution in [2.75, 3.05) is 13.2 Å². The molecule has 1 unspecified atom stereocenters. The molecule has 5 heteroatoms. The van der Waals surface area contributed by atoms with Gasteiger partial charge in [0.25, 0.3) is 5.89 Å². The van der Waals surface area contributed by atoms with Crippen LogP contribution in [-0.4, -0.2) is 23.3 Å². The van der Waals surface area contributed by atoms with E-state index in [-0.39, 0.29) is 6.04 Å². The van der Waals surface area contributed by atoms with Crippen LogP contribution in [0, 0.1) is 0 Å². The number of aromatic nitrogens is 2. The van der Waals surface area contributed by atoms with Gasteiger partial charge in [-0.15, -0.1) is 0 Å². The molecule has 5 nitrogen and oxygen atoms in total.